The zero-order valence-corrected chi connectivity index (χ0v) is 10.5. The fourth-order valence-electron chi connectivity index (χ4n) is 1.46. The predicted octanol–water partition coefficient (Wildman–Crippen LogP) is 2.35. The molecule has 3 N–H and O–H groups in total. The number of hydrogen-bond donors (Lipinski definition) is 2. The second kappa shape index (κ2) is 6.42. The highest BCUT2D eigenvalue weighted by Crippen LogP contribution is 2.17. The van der Waals surface area contributed by atoms with Gasteiger partial charge in [0.2, 0.25) is 0 Å². The highest BCUT2D eigenvalue weighted by atomic mass is 19.4. The van der Waals surface area contributed by atoms with Gasteiger partial charge >= 0.3 is 12.2 Å². The van der Waals surface area contributed by atoms with E-state index in [1.54, 1.807) is 24.3 Å². The Hall–Kier alpha value is -1.76. The number of hydrogen-bond acceptors (Lipinski definition) is 2. The Labute approximate surface area is 109 Å². The fourth-order valence-corrected chi connectivity index (χ4v) is 1.46. The second-order valence-corrected chi connectivity index (χ2v) is 4.12. The van der Waals surface area contributed by atoms with E-state index in [9.17, 15) is 18.0 Å². The van der Waals surface area contributed by atoms with Gasteiger partial charge in [0.1, 0.15) is 6.54 Å². The number of nitrogens with one attached hydrogen (secondary N) is 1. The van der Waals surface area contributed by atoms with Crippen LogP contribution >= 0.6 is 0 Å². The van der Waals surface area contributed by atoms with Gasteiger partial charge in [-0.2, -0.15) is 13.2 Å². The number of halogens is 3. The molecule has 7 heteroatoms. The molecular weight excluding hydrogens is 259 g/mol. The van der Waals surface area contributed by atoms with Crippen LogP contribution in [0.2, 0.25) is 0 Å². The number of rotatable bonds is 4. The molecule has 19 heavy (non-hydrogen) atoms. The molecule has 0 saturated carbocycles. The molecule has 2 amide bonds. The number of carbonyl (C=O) groups excluding carboxylic acids is 1. The summed E-state index contributed by atoms with van der Waals surface area (Å²) in [5.41, 5.74) is 6.65. The molecule has 1 aromatic rings. The van der Waals surface area contributed by atoms with Crippen molar-refractivity contribution in [3.63, 3.8) is 0 Å². The van der Waals surface area contributed by atoms with Gasteiger partial charge in [0.05, 0.1) is 0 Å². The van der Waals surface area contributed by atoms with Gasteiger partial charge in [-0.25, -0.2) is 4.79 Å². The van der Waals surface area contributed by atoms with Crippen molar-refractivity contribution in [1.82, 2.24) is 4.90 Å². The van der Waals surface area contributed by atoms with Crippen LogP contribution < -0.4 is 11.1 Å². The standard InChI is InChI=1S/C12H16F3N3O/c1-9-2-4-10(5-3-9)17-11(19)18(7-6-16)8-12(13,14)15/h2-5H,6-8,16H2,1H3,(H,17,19). The predicted molar refractivity (Wildman–Crippen MR) is 66.9 cm³/mol. The van der Waals surface area contributed by atoms with E-state index in [2.05, 4.69) is 5.32 Å². The lowest BCUT2D eigenvalue weighted by molar-refractivity contribution is -0.139. The van der Waals surface area contributed by atoms with Crippen molar-refractivity contribution in [2.45, 2.75) is 13.1 Å². The Bertz CT molecular complexity index is 417. The van der Waals surface area contributed by atoms with Crippen LogP contribution in [0.3, 0.4) is 0 Å². The maximum Gasteiger partial charge on any atom is 0.406 e. The normalized spacial score (nSPS) is 11.2. The van der Waals surface area contributed by atoms with E-state index in [-0.39, 0.29) is 13.1 Å². The summed E-state index contributed by atoms with van der Waals surface area (Å²) in [6.45, 7) is 0.368. The van der Waals surface area contributed by atoms with Crippen molar-refractivity contribution < 1.29 is 18.0 Å². The smallest absolute Gasteiger partial charge is 0.329 e. The molecule has 4 nitrogen and oxygen atoms in total. The zero-order valence-electron chi connectivity index (χ0n) is 10.5. The lowest BCUT2D eigenvalue weighted by Gasteiger charge is -2.23. The van der Waals surface area contributed by atoms with Crippen LogP contribution in [-0.4, -0.2) is 36.7 Å². The largest absolute Gasteiger partial charge is 0.406 e. The van der Waals surface area contributed by atoms with Crippen LogP contribution in [0.15, 0.2) is 24.3 Å². The van der Waals surface area contributed by atoms with Crippen LogP contribution in [0.5, 0.6) is 0 Å². The van der Waals surface area contributed by atoms with Gasteiger partial charge in [-0.1, -0.05) is 17.7 Å². The van der Waals surface area contributed by atoms with Gasteiger partial charge in [0, 0.05) is 18.8 Å². The van der Waals surface area contributed by atoms with Crippen LogP contribution in [0.25, 0.3) is 0 Å². The van der Waals surface area contributed by atoms with E-state index in [1.807, 2.05) is 6.92 Å². The molecule has 0 aromatic heterocycles. The van der Waals surface area contributed by atoms with Gasteiger partial charge < -0.3 is 16.0 Å². The molecule has 0 aliphatic heterocycles. The first kappa shape index (κ1) is 15.3. The highest BCUT2D eigenvalue weighted by Gasteiger charge is 2.32. The molecule has 106 valence electrons. The Morgan fingerprint density at radius 3 is 2.37 bits per heavy atom. The Morgan fingerprint density at radius 2 is 1.89 bits per heavy atom. The first-order valence-corrected chi connectivity index (χ1v) is 5.71. The van der Waals surface area contributed by atoms with Gasteiger partial charge in [-0.15, -0.1) is 0 Å². The van der Waals surface area contributed by atoms with Crippen molar-refractivity contribution >= 4 is 11.7 Å². The summed E-state index contributed by atoms with van der Waals surface area (Å²) >= 11 is 0. The van der Waals surface area contributed by atoms with E-state index in [4.69, 9.17) is 5.73 Å². The molecule has 0 spiro atoms. The number of alkyl halides is 3. The third kappa shape index (κ3) is 5.60. The lowest BCUT2D eigenvalue weighted by atomic mass is 10.2. The Balaban J connectivity index is 2.68. The molecule has 0 saturated heterocycles. The van der Waals surface area contributed by atoms with Crippen LogP contribution in [0.4, 0.5) is 23.7 Å². The van der Waals surface area contributed by atoms with E-state index in [0.29, 0.717) is 10.6 Å². The summed E-state index contributed by atoms with van der Waals surface area (Å²) < 4.78 is 37.0. The molecule has 0 aliphatic rings. The first-order chi connectivity index (χ1) is 8.81. The van der Waals surface area contributed by atoms with E-state index in [0.717, 1.165) is 5.56 Å². The van der Waals surface area contributed by atoms with Gasteiger partial charge in [-0.05, 0) is 19.1 Å². The molecule has 0 heterocycles. The Kier molecular flexibility index (Phi) is 5.17. The number of anilines is 1. The topological polar surface area (TPSA) is 58.4 Å². The summed E-state index contributed by atoms with van der Waals surface area (Å²) in [4.78, 5) is 12.4. The molecule has 0 fully saturated rings. The maximum absolute atomic E-state index is 12.3. The minimum Gasteiger partial charge on any atom is -0.329 e. The number of aryl methyl sites for hydroxylation is 1. The lowest BCUT2D eigenvalue weighted by Crippen LogP contribution is -2.43. The number of nitrogens with zero attached hydrogens (tertiary/aromatic N) is 1. The average molecular weight is 275 g/mol. The molecule has 1 rings (SSSR count). The highest BCUT2D eigenvalue weighted by molar-refractivity contribution is 5.89. The van der Waals surface area contributed by atoms with Gasteiger partial charge in [-0.3, -0.25) is 0 Å². The van der Waals surface area contributed by atoms with E-state index < -0.39 is 18.8 Å². The van der Waals surface area contributed by atoms with Gasteiger partial charge in [0.25, 0.3) is 0 Å². The minimum absolute atomic E-state index is 0.0304. The van der Waals surface area contributed by atoms with E-state index >= 15 is 0 Å². The van der Waals surface area contributed by atoms with Crippen molar-refractivity contribution in [2.24, 2.45) is 5.73 Å². The molecule has 0 bridgehead atoms. The molecule has 0 unspecified atom stereocenters. The molecule has 0 aliphatic carbocycles. The third-order valence-corrected chi connectivity index (χ3v) is 2.36. The fraction of sp³-hybridized carbons (Fsp3) is 0.417. The molecule has 1 aromatic carbocycles. The number of urea groups is 1. The summed E-state index contributed by atoms with van der Waals surface area (Å²) in [7, 11) is 0. The Morgan fingerprint density at radius 1 is 1.32 bits per heavy atom. The maximum atomic E-state index is 12.3. The minimum atomic E-state index is -4.44. The third-order valence-electron chi connectivity index (χ3n) is 2.36. The summed E-state index contributed by atoms with van der Waals surface area (Å²) in [6, 6.07) is 5.95. The van der Waals surface area contributed by atoms with Crippen LogP contribution in [0.1, 0.15) is 5.56 Å². The zero-order chi connectivity index (χ0) is 14.5. The average Bonchev–Trinajstić information content (AvgIpc) is 2.30. The monoisotopic (exact) mass is 275 g/mol. The van der Waals surface area contributed by atoms with Crippen molar-refractivity contribution in [3.05, 3.63) is 29.8 Å². The number of amides is 2. The second-order valence-electron chi connectivity index (χ2n) is 4.12. The van der Waals surface area contributed by atoms with Crippen LogP contribution in [0, 0.1) is 6.92 Å². The SMILES string of the molecule is Cc1ccc(NC(=O)N(CCN)CC(F)(F)F)cc1. The number of carbonyl (C=O) groups is 1. The quantitative estimate of drug-likeness (QED) is 0.886. The summed E-state index contributed by atoms with van der Waals surface area (Å²) in [5.74, 6) is 0. The molecular formula is C12H16F3N3O. The number of benzene rings is 1. The molecule has 0 atom stereocenters. The first-order valence-electron chi connectivity index (χ1n) is 5.71. The summed E-state index contributed by atoms with van der Waals surface area (Å²) in [5, 5.41) is 2.41. The van der Waals surface area contributed by atoms with E-state index in [1.165, 1.54) is 0 Å². The van der Waals surface area contributed by atoms with Crippen LogP contribution in [-0.2, 0) is 0 Å². The van der Waals surface area contributed by atoms with Gasteiger partial charge in [0.15, 0.2) is 0 Å². The molecule has 0 radical (unpaired) electrons. The number of nitrogens with two attached hydrogens (primary N) is 1. The van der Waals surface area contributed by atoms with Crippen molar-refractivity contribution in [2.75, 3.05) is 25.0 Å². The van der Waals surface area contributed by atoms with Crippen molar-refractivity contribution in [1.29, 1.82) is 0 Å². The van der Waals surface area contributed by atoms with Crippen molar-refractivity contribution in [3.8, 4) is 0 Å². The summed E-state index contributed by atoms with van der Waals surface area (Å²) in [6.07, 6.45) is -4.44.